The summed E-state index contributed by atoms with van der Waals surface area (Å²) >= 11 is 13.0. The van der Waals surface area contributed by atoms with Crippen LogP contribution in [0.2, 0.25) is 10.0 Å². The van der Waals surface area contributed by atoms with Gasteiger partial charge >= 0.3 is 0 Å². The van der Waals surface area contributed by atoms with Crippen molar-refractivity contribution in [1.82, 2.24) is 20.1 Å². The summed E-state index contributed by atoms with van der Waals surface area (Å²) in [4.78, 5) is 31.1. The number of pyridine rings is 1. The smallest absolute Gasteiger partial charge is 0.251 e. The number of fused-ring (bicyclic) bond motifs is 2. The number of hydrogen-bond acceptors (Lipinski definition) is 7. The Balaban J connectivity index is 1.27. The summed E-state index contributed by atoms with van der Waals surface area (Å²) in [6.45, 7) is 1.58. The van der Waals surface area contributed by atoms with E-state index in [-0.39, 0.29) is 35.7 Å². The van der Waals surface area contributed by atoms with Gasteiger partial charge in [-0.1, -0.05) is 35.3 Å². The highest BCUT2D eigenvalue weighted by molar-refractivity contribution is 6.43. The summed E-state index contributed by atoms with van der Waals surface area (Å²) in [6.07, 6.45) is 5.57. The molecule has 10 nitrogen and oxygen atoms in total. The molecule has 2 amide bonds. The standard InChI is InChI=1S/C32H31Cl2N5O5/c1-31(30(35)41)15-44-28-21(31)12-24(37-27(28)20-4-3-5-22(33)25(20)34)32(42,18-6-7-18)14-36-29(40)16-10-17-13-39(19-8-9-19)38-26(17)23(11-16)43-2/h3-5,10-13,18-19,42H,6-9,14-15H2,1-2H3,(H2,35,41)(H,36,40)/t31-,32?/m0/s1. The molecule has 2 saturated carbocycles. The van der Waals surface area contributed by atoms with E-state index in [1.54, 1.807) is 50.4 Å². The second-order valence-corrected chi connectivity index (χ2v) is 12.9. The molecule has 2 atom stereocenters. The number of nitrogens with two attached hydrogens (primary N) is 1. The molecule has 12 heteroatoms. The second kappa shape index (κ2) is 10.4. The van der Waals surface area contributed by atoms with Crippen LogP contribution in [-0.4, -0.2) is 51.9 Å². The lowest BCUT2D eigenvalue weighted by Gasteiger charge is -2.30. The number of nitrogens with zero attached hydrogens (tertiary/aromatic N) is 3. The minimum atomic E-state index is -1.56. The normalized spacial score (nSPS) is 20.6. The third-order valence-electron chi connectivity index (χ3n) is 9.03. The Morgan fingerprint density at radius 2 is 2.00 bits per heavy atom. The molecule has 44 heavy (non-hydrogen) atoms. The average molecular weight is 637 g/mol. The molecule has 7 rings (SSSR count). The van der Waals surface area contributed by atoms with Gasteiger partial charge in [0.1, 0.15) is 40.3 Å². The van der Waals surface area contributed by atoms with Gasteiger partial charge in [-0.2, -0.15) is 5.10 Å². The first-order valence-corrected chi connectivity index (χ1v) is 15.3. The highest BCUT2D eigenvalue weighted by atomic mass is 35.5. The zero-order valence-corrected chi connectivity index (χ0v) is 25.7. The summed E-state index contributed by atoms with van der Waals surface area (Å²) in [7, 11) is 1.55. The number of benzene rings is 2. The maximum Gasteiger partial charge on any atom is 0.251 e. The number of hydrogen-bond donors (Lipinski definition) is 3. The van der Waals surface area contributed by atoms with Crippen molar-refractivity contribution in [3.8, 4) is 22.8 Å². The van der Waals surface area contributed by atoms with E-state index in [0.717, 1.165) is 31.1 Å². The highest BCUT2D eigenvalue weighted by Gasteiger charge is 2.50. The van der Waals surface area contributed by atoms with E-state index in [4.69, 9.17) is 43.4 Å². The Labute approximate surface area is 263 Å². The molecule has 0 spiro atoms. The van der Waals surface area contributed by atoms with Crippen LogP contribution in [0.4, 0.5) is 0 Å². The summed E-state index contributed by atoms with van der Waals surface area (Å²) in [6, 6.07) is 10.6. The van der Waals surface area contributed by atoms with Gasteiger partial charge in [-0.15, -0.1) is 0 Å². The molecule has 2 aliphatic carbocycles. The number of aromatic nitrogens is 3. The number of nitrogens with one attached hydrogen (secondary N) is 1. The first-order chi connectivity index (χ1) is 21.0. The maximum absolute atomic E-state index is 13.5. The van der Waals surface area contributed by atoms with Crippen molar-refractivity contribution in [2.24, 2.45) is 11.7 Å². The number of halogens is 2. The van der Waals surface area contributed by atoms with Gasteiger partial charge in [0.15, 0.2) is 0 Å². The molecular formula is C32H31Cl2N5O5. The van der Waals surface area contributed by atoms with Crippen LogP contribution in [0.1, 0.15) is 60.3 Å². The van der Waals surface area contributed by atoms with Crippen LogP contribution in [0.25, 0.3) is 22.2 Å². The van der Waals surface area contributed by atoms with E-state index in [9.17, 15) is 14.7 Å². The lowest BCUT2D eigenvalue weighted by molar-refractivity contribution is -0.123. The quantitative estimate of drug-likeness (QED) is 0.237. The van der Waals surface area contributed by atoms with Crippen molar-refractivity contribution in [1.29, 1.82) is 0 Å². The van der Waals surface area contributed by atoms with Crippen LogP contribution in [0.3, 0.4) is 0 Å². The molecule has 2 aromatic heterocycles. The topological polar surface area (TPSA) is 142 Å². The summed E-state index contributed by atoms with van der Waals surface area (Å²) in [5.74, 6) is -0.277. The van der Waals surface area contributed by atoms with Gasteiger partial charge in [0.2, 0.25) is 5.91 Å². The second-order valence-electron chi connectivity index (χ2n) is 12.2. The number of carbonyl (C=O) groups is 2. The van der Waals surface area contributed by atoms with Gasteiger partial charge in [-0.25, -0.2) is 4.98 Å². The monoisotopic (exact) mass is 635 g/mol. The van der Waals surface area contributed by atoms with Crippen LogP contribution in [-0.2, 0) is 15.8 Å². The predicted octanol–water partition coefficient (Wildman–Crippen LogP) is 4.91. The fourth-order valence-corrected chi connectivity index (χ4v) is 6.32. The Kier molecular flexibility index (Phi) is 6.80. The van der Waals surface area contributed by atoms with Crippen LogP contribution < -0.4 is 20.5 Å². The molecule has 1 unspecified atom stereocenters. The molecule has 0 radical (unpaired) electrons. The zero-order valence-electron chi connectivity index (χ0n) is 24.2. The van der Waals surface area contributed by atoms with Gasteiger partial charge < -0.3 is 25.6 Å². The van der Waals surface area contributed by atoms with E-state index in [1.807, 2.05) is 10.9 Å². The van der Waals surface area contributed by atoms with Crippen LogP contribution in [0.5, 0.6) is 11.5 Å². The zero-order chi connectivity index (χ0) is 31.0. The van der Waals surface area contributed by atoms with Gasteiger partial charge in [-0.05, 0) is 62.8 Å². The Hall–Kier alpha value is -3.86. The molecule has 0 saturated heterocycles. The van der Waals surface area contributed by atoms with Gasteiger partial charge in [-0.3, -0.25) is 14.3 Å². The number of amides is 2. The third kappa shape index (κ3) is 4.67. The summed E-state index contributed by atoms with van der Waals surface area (Å²) < 4.78 is 13.5. The van der Waals surface area contributed by atoms with Crippen LogP contribution >= 0.6 is 23.2 Å². The molecule has 0 bridgehead atoms. The van der Waals surface area contributed by atoms with Crippen LogP contribution in [0, 0.1) is 5.92 Å². The SMILES string of the molecule is COc1cc(C(=O)NCC(O)(c2cc3c(c(-c4cccc(Cl)c4Cl)n2)OC[C@]3(C)C(N)=O)C2CC2)cc2cn(C3CC3)nc12. The van der Waals surface area contributed by atoms with E-state index in [2.05, 4.69) is 10.4 Å². The van der Waals surface area contributed by atoms with Crippen molar-refractivity contribution in [2.45, 2.75) is 49.7 Å². The molecule has 4 N–H and O–H groups in total. The summed E-state index contributed by atoms with van der Waals surface area (Å²) in [5, 5.41) is 21.2. The molecule has 3 heterocycles. The van der Waals surface area contributed by atoms with Crippen molar-refractivity contribution in [3.05, 3.63) is 69.5 Å². The number of aliphatic hydroxyl groups is 1. The predicted molar refractivity (Wildman–Crippen MR) is 165 cm³/mol. The van der Waals surface area contributed by atoms with Gasteiger partial charge in [0.25, 0.3) is 5.91 Å². The first-order valence-electron chi connectivity index (χ1n) is 14.5. The molecule has 2 fully saturated rings. The molecular weight excluding hydrogens is 605 g/mol. The van der Waals surface area contributed by atoms with E-state index in [1.165, 1.54) is 0 Å². The Morgan fingerprint density at radius 3 is 2.68 bits per heavy atom. The van der Waals surface area contributed by atoms with E-state index >= 15 is 0 Å². The lowest BCUT2D eigenvalue weighted by Crippen LogP contribution is -2.44. The van der Waals surface area contributed by atoms with Gasteiger partial charge in [0.05, 0.1) is 35.4 Å². The highest BCUT2D eigenvalue weighted by Crippen LogP contribution is 2.51. The maximum atomic E-state index is 13.5. The lowest BCUT2D eigenvalue weighted by atomic mass is 9.81. The minimum absolute atomic E-state index is 0.00815. The number of primary amides is 1. The fourth-order valence-electron chi connectivity index (χ4n) is 5.93. The average Bonchev–Trinajstić information content (AvgIpc) is 3.96. The molecule has 2 aromatic carbocycles. The molecule has 3 aliphatic rings. The number of rotatable bonds is 9. The van der Waals surface area contributed by atoms with Crippen molar-refractivity contribution >= 4 is 45.9 Å². The summed E-state index contributed by atoms with van der Waals surface area (Å²) in [5.41, 5.74) is 5.79. The number of methoxy groups -OCH3 is 1. The largest absolute Gasteiger partial charge is 0.494 e. The Morgan fingerprint density at radius 1 is 1.23 bits per heavy atom. The van der Waals surface area contributed by atoms with Crippen molar-refractivity contribution < 1.29 is 24.2 Å². The van der Waals surface area contributed by atoms with Gasteiger partial charge in [0, 0.05) is 28.3 Å². The number of ether oxygens (including phenoxy) is 2. The van der Waals surface area contributed by atoms with Crippen LogP contribution in [0.15, 0.2) is 42.6 Å². The molecule has 4 aromatic rings. The first kappa shape index (κ1) is 28.9. The fraction of sp³-hybridized carbons (Fsp3) is 0.375. The molecule has 1 aliphatic heterocycles. The minimum Gasteiger partial charge on any atom is -0.494 e. The van der Waals surface area contributed by atoms with Crippen molar-refractivity contribution in [2.75, 3.05) is 20.3 Å². The van der Waals surface area contributed by atoms with Crippen molar-refractivity contribution in [3.63, 3.8) is 0 Å². The van der Waals surface area contributed by atoms with E-state index < -0.39 is 16.9 Å². The van der Waals surface area contributed by atoms with E-state index in [0.29, 0.717) is 50.5 Å². The third-order valence-corrected chi connectivity index (χ3v) is 9.85. The Bertz CT molecular complexity index is 1850. The number of carbonyl (C=O) groups excluding carboxylic acids is 2. The molecule has 228 valence electrons.